The van der Waals surface area contributed by atoms with Gasteiger partial charge in [0.05, 0.1) is 12.0 Å². The molecule has 0 bridgehead atoms. The third kappa shape index (κ3) is 3.04. The number of likely N-dealkylation sites (N-methyl/N-ethyl adjacent to an activating group) is 1. The Morgan fingerprint density at radius 2 is 2.00 bits per heavy atom. The van der Waals surface area contributed by atoms with Gasteiger partial charge in [0.25, 0.3) is 5.91 Å². The number of carbonyl (C=O) groups is 2. The van der Waals surface area contributed by atoms with Crippen LogP contribution in [0, 0.1) is 0 Å². The second-order valence-electron chi connectivity index (χ2n) is 4.63. The molecule has 1 fully saturated rings. The van der Waals surface area contributed by atoms with Gasteiger partial charge in [-0.25, -0.2) is 8.42 Å². The number of sulfonamides is 1. The van der Waals surface area contributed by atoms with E-state index in [-0.39, 0.29) is 23.8 Å². The molecule has 8 nitrogen and oxygen atoms in total. The van der Waals surface area contributed by atoms with Gasteiger partial charge >= 0.3 is 0 Å². The molecule has 0 saturated carbocycles. The van der Waals surface area contributed by atoms with E-state index in [2.05, 4.69) is 10.6 Å². The molecule has 0 unspecified atom stereocenters. The van der Waals surface area contributed by atoms with Crippen molar-refractivity contribution in [1.29, 1.82) is 0 Å². The summed E-state index contributed by atoms with van der Waals surface area (Å²) in [7, 11) is -1.06. The van der Waals surface area contributed by atoms with Gasteiger partial charge in [-0.3, -0.25) is 9.59 Å². The quantitative estimate of drug-likeness (QED) is 0.759. The van der Waals surface area contributed by atoms with Gasteiger partial charge in [-0.2, -0.15) is 4.31 Å². The number of methoxy groups -OCH3 is 1. The predicted octanol–water partition coefficient (Wildman–Crippen LogP) is -0.722. The van der Waals surface area contributed by atoms with E-state index in [0.717, 1.165) is 4.31 Å². The summed E-state index contributed by atoms with van der Waals surface area (Å²) in [6.45, 7) is -0.0573. The molecule has 2 amide bonds. The van der Waals surface area contributed by atoms with Crippen molar-refractivity contribution in [3.63, 3.8) is 0 Å². The monoisotopic (exact) mass is 327 g/mol. The van der Waals surface area contributed by atoms with Crippen LogP contribution in [0.3, 0.4) is 0 Å². The number of nitrogens with zero attached hydrogens (tertiary/aromatic N) is 1. The number of ether oxygens (including phenoxy) is 1. The second-order valence-corrected chi connectivity index (χ2v) is 6.52. The molecule has 1 aromatic carbocycles. The Kier molecular flexibility index (Phi) is 4.67. The minimum Gasteiger partial charge on any atom is -0.497 e. The molecule has 1 heterocycles. The number of rotatable bonds is 4. The van der Waals surface area contributed by atoms with Crippen LogP contribution in [0.15, 0.2) is 29.2 Å². The van der Waals surface area contributed by atoms with E-state index in [1.54, 1.807) is 0 Å². The summed E-state index contributed by atoms with van der Waals surface area (Å²) in [5.74, 6) is -0.436. The molecule has 2 N–H and O–H groups in total. The van der Waals surface area contributed by atoms with Crippen molar-refractivity contribution in [2.45, 2.75) is 17.5 Å². The summed E-state index contributed by atoms with van der Waals surface area (Å²) in [5.41, 5.74) is 0. The minimum absolute atomic E-state index is 0.00286. The molecule has 0 aromatic heterocycles. The van der Waals surface area contributed by atoms with Crippen LogP contribution in [-0.2, 0) is 19.6 Å². The maximum absolute atomic E-state index is 12.7. The Balaban J connectivity index is 2.36. The third-order valence-corrected chi connectivity index (χ3v) is 5.18. The van der Waals surface area contributed by atoms with Crippen LogP contribution in [0.25, 0.3) is 0 Å². The molecule has 120 valence electrons. The zero-order valence-corrected chi connectivity index (χ0v) is 13.0. The van der Waals surface area contributed by atoms with Gasteiger partial charge in [0.2, 0.25) is 15.9 Å². The van der Waals surface area contributed by atoms with Crippen molar-refractivity contribution in [2.75, 3.05) is 20.7 Å². The lowest BCUT2D eigenvalue weighted by Crippen LogP contribution is -2.61. The van der Waals surface area contributed by atoms with Gasteiger partial charge in [0, 0.05) is 20.0 Å². The average molecular weight is 327 g/mol. The summed E-state index contributed by atoms with van der Waals surface area (Å²) in [6.07, 6.45) is -1.25. The molecule has 1 saturated heterocycles. The number of nitrogens with one attached hydrogen (secondary N) is 2. The number of hydrogen-bond donors (Lipinski definition) is 2. The Bertz CT molecular complexity index is 671. The maximum atomic E-state index is 12.7. The van der Waals surface area contributed by atoms with E-state index < -0.39 is 22.1 Å². The molecule has 2 rings (SSSR count). The van der Waals surface area contributed by atoms with Crippen molar-refractivity contribution in [3.8, 4) is 5.75 Å². The lowest BCUT2D eigenvalue weighted by Gasteiger charge is -2.33. The van der Waals surface area contributed by atoms with Gasteiger partial charge in [0.15, 0.2) is 6.17 Å². The lowest BCUT2D eigenvalue weighted by molar-refractivity contribution is -0.134. The largest absolute Gasteiger partial charge is 0.497 e. The molecule has 22 heavy (non-hydrogen) atoms. The van der Waals surface area contributed by atoms with Gasteiger partial charge < -0.3 is 15.4 Å². The summed E-state index contributed by atoms with van der Waals surface area (Å²) >= 11 is 0. The van der Waals surface area contributed by atoms with E-state index in [1.165, 1.54) is 38.4 Å². The molecule has 1 aliphatic heterocycles. The Labute approximate surface area is 128 Å². The Morgan fingerprint density at radius 1 is 1.36 bits per heavy atom. The van der Waals surface area contributed by atoms with Crippen LogP contribution < -0.4 is 15.4 Å². The van der Waals surface area contributed by atoms with E-state index in [4.69, 9.17) is 4.74 Å². The molecule has 9 heteroatoms. The van der Waals surface area contributed by atoms with Gasteiger partial charge in [-0.1, -0.05) is 0 Å². The number of amides is 2. The first-order chi connectivity index (χ1) is 10.4. The molecule has 0 spiro atoms. The first-order valence-electron chi connectivity index (χ1n) is 6.57. The molecule has 0 aliphatic carbocycles. The fourth-order valence-electron chi connectivity index (χ4n) is 2.11. The number of hydrogen-bond acceptors (Lipinski definition) is 5. The highest BCUT2D eigenvalue weighted by Gasteiger charge is 2.39. The number of benzene rings is 1. The summed E-state index contributed by atoms with van der Waals surface area (Å²) in [5, 5.41) is 4.73. The SMILES string of the molecule is CNC(=O)[C@@H]1NC(=O)CCN1S(=O)(=O)c1ccc(OC)cc1. The fourth-order valence-corrected chi connectivity index (χ4v) is 3.62. The molecule has 1 aliphatic rings. The van der Waals surface area contributed by atoms with Crippen molar-refractivity contribution in [2.24, 2.45) is 0 Å². The topological polar surface area (TPSA) is 105 Å². The zero-order chi connectivity index (χ0) is 16.3. The van der Waals surface area contributed by atoms with Crippen molar-refractivity contribution in [3.05, 3.63) is 24.3 Å². The second kappa shape index (κ2) is 6.32. The van der Waals surface area contributed by atoms with Crippen LogP contribution in [0.1, 0.15) is 6.42 Å². The Hall–Kier alpha value is -2.13. The molecule has 0 radical (unpaired) electrons. The van der Waals surface area contributed by atoms with Crippen LogP contribution in [0.2, 0.25) is 0 Å². The van der Waals surface area contributed by atoms with Gasteiger partial charge in [0.1, 0.15) is 5.75 Å². The van der Waals surface area contributed by atoms with E-state index in [9.17, 15) is 18.0 Å². The van der Waals surface area contributed by atoms with Crippen molar-refractivity contribution < 1.29 is 22.7 Å². The summed E-state index contributed by atoms with van der Waals surface area (Å²) < 4.78 is 31.3. The Morgan fingerprint density at radius 3 is 2.55 bits per heavy atom. The van der Waals surface area contributed by atoms with Gasteiger partial charge in [-0.05, 0) is 24.3 Å². The molecule has 1 aromatic rings. The van der Waals surface area contributed by atoms with Gasteiger partial charge in [-0.15, -0.1) is 0 Å². The average Bonchev–Trinajstić information content (AvgIpc) is 2.53. The van der Waals surface area contributed by atoms with Crippen molar-refractivity contribution >= 4 is 21.8 Å². The minimum atomic E-state index is -3.91. The standard InChI is InChI=1S/C13H17N3O5S/c1-14-13(18)12-15-11(17)7-8-16(12)22(19,20)10-5-3-9(21-2)4-6-10/h3-6,12H,7-8H2,1-2H3,(H,14,18)(H,15,17)/t12-/m1/s1. The first-order valence-corrected chi connectivity index (χ1v) is 8.01. The fraction of sp³-hybridized carbons (Fsp3) is 0.385. The normalized spacial score (nSPS) is 19.4. The number of carbonyl (C=O) groups excluding carboxylic acids is 2. The van der Waals surface area contributed by atoms with Crippen LogP contribution >= 0.6 is 0 Å². The highest BCUT2D eigenvalue weighted by atomic mass is 32.2. The summed E-state index contributed by atoms with van der Waals surface area (Å²) in [6, 6.07) is 5.83. The van der Waals surface area contributed by atoms with E-state index in [1.807, 2.05) is 0 Å². The molecule has 1 atom stereocenters. The highest BCUT2D eigenvalue weighted by molar-refractivity contribution is 7.89. The smallest absolute Gasteiger partial charge is 0.258 e. The third-order valence-electron chi connectivity index (χ3n) is 3.31. The lowest BCUT2D eigenvalue weighted by atomic mass is 10.3. The van der Waals surface area contributed by atoms with E-state index in [0.29, 0.717) is 5.75 Å². The van der Waals surface area contributed by atoms with Crippen LogP contribution in [0.4, 0.5) is 0 Å². The predicted molar refractivity (Wildman–Crippen MR) is 77.5 cm³/mol. The molecular formula is C13H17N3O5S. The van der Waals surface area contributed by atoms with Crippen molar-refractivity contribution in [1.82, 2.24) is 14.9 Å². The first kappa shape index (κ1) is 16.2. The summed E-state index contributed by atoms with van der Waals surface area (Å²) in [4.78, 5) is 23.3. The van der Waals surface area contributed by atoms with Crippen LogP contribution in [0.5, 0.6) is 5.75 Å². The van der Waals surface area contributed by atoms with E-state index >= 15 is 0 Å². The maximum Gasteiger partial charge on any atom is 0.258 e. The highest BCUT2D eigenvalue weighted by Crippen LogP contribution is 2.22. The molecular weight excluding hydrogens is 310 g/mol. The zero-order valence-electron chi connectivity index (χ0n) is 12.2. The van der Waals surface area contributed by atoms with Crippen LogP contribution in [-0.4, -0.2) is 51.4 Å².